The van der Waals surface area contributed by atoms with Crippen molar-refractivity contribution in [3.8, 4) is 0 Å². The highest BCUT2D eigenvalue weighted by Gasteiger charge is 2.31. The molecule has 0 aliphatic carbocycles. The molecule has 126 valence electrons. The van der Waals surface area contributed by atoms with E-state index in [2.05, 4.69) is 5.32 Å². The lowest BCUT2D eigenvalue weighted by atomic mass is 10.1. The summed E-state index contributed by atoms with van der Waals surface area (Å²) in [4.78, 5) is 25.2. The summed E-state index contributed by atoms with van der Waals surface area (Å²) in [6.45, 7) is 1.50. The van der Waals surface area contributed by atoms with Crippen LogP contribution in [0.2, 0.25) is 0 Å². The van der Waals surface area contributed by atoms with E-state index in [4.69, 9.17) is 4.42 Å². The van der Waals surface area contributed by atoms with E-state index in [-0.39, 0.29) is 22.6 Å². The first-order valence-electron chi connectivity index (χ1n) is 7.91. The zero-order valence-electron chi connectivity index (χ0n) is 13.2. The van der Waals surface area contributed by atoms with Gasteiger partial charge in [-0.1, -0.05) is 18.2 Å². The molecule has 24 heavy (non-hydrogen) atoms. The molecular formula is C17H19N3O4. The molecule has 2 heterocycles. The van der Waals surface area contributed by atoms with E-state index >= 15 is 0 Å². The van der Waals surface area contributed by atoms with Crippen LogP contribution >= 0.6 is 0 Å². The van der Waals surface area contributed by atoms with Gasteiger partial charge in [-0.05, 0) is 31.5 Å². The molecule has 1 saturated heterocycles. The molecule has 0 saturated carbocycles. The van der Waals surface area contributed by atoms with Crippen LogP contribution in [-0.2, 0) is 17.9 Å². The molecule has 1 aromatic heterocycles. The maximum absolute atomic E-state index is 12.4. The van der Waals surface area contributed by atoms with E-state index in [1.165, 1.54) is 6.07 Å². The summed E-state index contributed by atoms with van der Waals surface area (Å²) in [5.74, 6) is 0.633. The number of rotatable bonds is 6. The Labute approximate surface area is 139 Å². The monoisotopic (exact) mass is 329 g/mol. The lowest BCUT2D eigenvalue weighted by Gasteiger charge is -2.23. The van der Waals surface area contributed by atoms with E-state index in [1.54, 1.807) is 36.6 Å². The Morgan fingerprint density at radius 2 is 2.17 bits per heavy atom. The summed E-state index contributed by atoms with van der Waals surface area (Å²) >= 11 is 0. The van der Waals surface area contributed by atoms with Gasteiger partial charge >= 0.3 is 0 Å². The summed E-state index contributed by atoms with van der Waals surface area (Å²) < 4.78 is 5.21. The quantitative estimate of drug-likeness (QED) is 0.649. The standard InChI is InChI=1S/C17H19N3O4/c21-17(18-11-14-6-4-10-24-14)16-8-3-9-19(16)12-13-5-1-2-7-15(13)20(22)23/h1-2,4-7,10,16H,3,8-9,11-12H2,(H,18,21). The van der Waals surface area contributed by atoms with Crippen molar-refractivity contribution in [2.45, 2.75) is 32.0 Å². The van der Waals surface area contributed by atoms with Crippen LogP contribution < -0.4 is 5.32 Å². The number of carbonyl (C=O) groups excluding carboxylic acids is 1. The predicted molar refractivity (Wildman–Crippen MR) is 87.1 cm³/mol. The van der Waals surface area contributed by atoms with Gasteiger partial charge in [0.1, 0.15) is 5.76 Å². The number of furan rings is 1. The van der Waals surface area contributed by atoms with Crippen LogP contribution in [0.1, 0.15) is 24.2 Å². The first kappa shape index (κ1) is 16.2. The second-order valence-electron chi connectivity index (χ2n) is 5.81. The van der Waals surface area contributed by atoms with Crippen molar-refractivity contribution in [3.63, 3.8) is 0 Å². The zero-order chi connectivity index (χ0) is 16.9. The Kier molecular flexibility index (Phi) is 4.90. The summed E-state index contributed by atoms with van der Waals surface area (Å²) in [5, 5.41) is 14.0. The Morgan fingerprint density at radius 3 is 2.92 bits per heavy atom. The van der Waals surface area contributed by atoms with E-state index in [9.17, 15) is 14.9 Å². The van der Waals surface area contributed by atoms with E-state index < -0.39 is 0 Å². The summed E-state index contributed by atoms with van der Waals surface area (Å²) in [6.07, 6.45) is 3.22. The third-order valence-corrected chi connectivity index (χ3v) is 4.25. The lowest BCUT2D eigenvalue weighted by Crippen LogP contribution is -2.42. The van der Waals surface area contributed by atoms with Crippen molar-refractivity contribution < 1.29 is 14.1 Å². The smallest absolute Gasteiger partial charge is 0.273 e. The molecule has 1 aliphatic rings. The van der Waals surface area contributed by atoms with Crippen molar-refractivity contribution >= 4 is 11.6 Å². The number of amides is 1. The van der Waals surface area contributed by atoms with Crippen LogP contribution in [0.4, 0.5) is 5.69 Å². The Bertz CT molecular complexity index is 714. The number of hydrogen-bond acceptors (Lipinski definition) is 5. The van der Waals surface area contributed by atoms with Gasteiger partial charge in [-0.15, -0.1) is 0 Å². The number of nitro benzene ring substituents is 1. The maximum Gasteiger partial charge on any atom is 0.273 e. The average molecular weight is 329 g/mol. The van der Waals surface area contributed by atoms with Gasteiger partial charge in [-0.2, -0.15) is 0 Å². The Hall–Kier alpha value is -2.67. The van der Waals surface area contributed by atoms with Gasteiger partial charge in [0.05, 0.1) is 23.8 Å². The van der Waals surface area contributed by atoms with Crippen LogP contribution in [0, 0.1) is 10.1 Å². The van der Waals surface area contributed by atoms with Gasteiger partial charge in [0, 0.05) is 18.2 Å². The van der Waals surface area contributed by atoms with Crippen molar-refractivity contribution in [2.75, 3.05) is 6.54 Å². The van der Waals surface area contributed by atoms with Crippen LogP contribution in [0.25, 0.3) is 0 Å². The van der Waals surface area contributed by atoms with Gasteiger partial charge in [0.25, 0.3) is 5.69 Å². The fraction of sp³-hybridized carbons (Fsp3) is 0.353. The van der Waals surface area contributed by atoms with Gasteiger partial charge in [-0.3, -0.25) is 19.8 Å². The minimum Gasteiger partial charge on any atom is -0.467 e. The molecule has 0 radical (unpaired) electrons. The fourth-order valence-corrected chi connectivity index (χ4v) is 3.06. The third-order valence-electron chi connectivity index (χ3n) is 4.25. The highest BCUT2D eigenvalue weighted by atomic mass is 16.6. The molecule has 7 heteroatoms. The number of likely N-dealkylation sites (tertiary alicyclic amines) is 1. The second-order valence-corrected chi connectivity index (χ2v) is 5.81. The van der Waals surface area contributed by atoms with Crippen molar-refractivity contribution in [3.05, 3.63) is 64.1 Å². The highest BCUT2D eigenvalue weighted by Crippen LogP contribution is 2.25. The highest BCUT2D eigenvalue weighted by molar-refractivity contribution is 5.82. The molecule has 1 atom stereocenters. The minimum absolute atomic E-state index is 0.0671. The van der Waals surface area contributed by atoms with Gasteiger partial charge in [-0.25, -0.2) is 0 Å². The molecule has 0 spiro atoms. The number of benzene rings is 1. The van der Waals surface area contributed by atoms with Crippen molar-refractivity contribution in [2.24, 2.45) is 0 Å². The van der Waals surface area contributed by atoms with E-state index in [1.807, 2.05) is 4.90 Å². The van der Waals surface area contributed by atoms with Crippen LogP contribution in [-0.4, -0.2) is 28.3 Å². The van der Waals surface area contributed by atoms with Gasteiger partial charge in [0.2, 0.25) is 5.91 Å². The van der Waals surface area contributed by atoms with Crippen molar-refractivity contribution in [1.29, 1.82) is 0 Å². The second kappa shape index (κ2) is 7.27. The molecule has 1 unspecified atom stereocenters. The topological polar surface area (TPSA) is 88.6 Å². The Balaban J connectivity index is 1.65. The molecule has 2 aromatic rings. The van der Waals surface area contributed by atoms with Gasteiger partial charge < -0.3 is 9.73 Å². The normalized spacial score (nSPS) is 17.8. The van der Waals surface area contributed by atoms with E-state index in [0.717, 1.165) is 19.4 Å². The first-order valence-corrected chi connectivity index (χ1v) is 7.91. The number of para-hydroxylation sites is 1. The summed E-state index contributed by atoms with van der Waals surface area (Å²) in [6, 6.07) is 9.99. The Morgan fingerprint density at radius 1 is 1.33 bits per heavy atom. The van der Waals surface area contributed by atoms with E-state index in [0.29, 0.717) is 24.4 Å². The predicted octanol–water partition coefficient (Wildman–Crippen LogP) is 2.47. The fourth-order valence-electron chi connectivity index (χ4n) is 3.06. The molecule has 1 aromatic carbocycles. The molecule has 1 aliphatic heterocycles. The average Bonchev–Trinajstić information content (AvgIpc) is 3.24. The largest absolute Gasteiger partial charge is 0.467 e. The third kappa shape index (κ3) is 3.62. The molecule has 1 fully saturated rings. The molecule has 1 N–H and O–H groups in total. The molecular weight excluding hydrogens is 310 g/mol. The van der Waals surface area contributed by atoms with Crippen LogP contribution in [0.3, 0.4) is 0 Å². The van der Waals surface area contributed by atoms with Crippen molar-refractivity contribution in [1.82, 2.24) is 10.2 Å². The number of nitro groups is 1. The molecule has 1 amide bonds. The number of hydrogen-bond donors (Lipinski definition) is 1. The molecule has 3 rings (SSSR count). The first-order chi connectivity index (χ1) is 11.6. The van der Waals surface area contributed by atoms with Crippen LogP contribution in [0.15, 0.2) is 47.1 Å². The lowest BCUT2D eigenvalue weighted by molar-refractivity contribution is -0.385. The maximum atomic E-state index is 12.4. The number of nitrogens with zero attached hydrogens (tertiary/aromatic N) is 2. The summed E-state index contributed by atoms with van der Waals surface area (Å²) in [5.41, 5.74) is 0.729. The summed E-state index contributed by atoms with van der Waals surface area (Å²) in [7, 11) is 0. The minimum atomic E-state index is -0.378. The van der Waals surface area contributed by atoms with Gasteiger partial charge in [0.15, 0.2) is 0 Å². The molecule has 0 bridgehead atoms. The number of nitrogens with one attached hydrogen (secondary N) is 1. The zero-order valence-corrected chi connectivity index (χ0v) is 13.2. The molecule has 7 nitrogen and oxygen atoms in total. The number of carbonyl (C=O) groups is 1. The van der Waals surface area contributed by atoms with Crippen LogP contribution in [0.5, 0.6) is 0 Å². The SMILES string of the molecule is O=C(NCc1ccco1)C1CCCN1Cc1ccccc1[N+](=O)[O-].